The van der Waals surface area contributed by atoms with Crippen LogP contribution in [0.5, 0.6) is 0 Å². The zero-order chi connectivity index (χ0) is 18.2. The van der Waals surface area contributed by atoms with E-state index in [-0.39, 0.29) is 30.6 Å². The molecule has 0 saturated heterocycles. The number of hydrogen-bond donors (Lipinski definition) is 2. The second kappa shape index (κ2) is 9.53. The van der Waals surface area contributed by atoms with Gasteiger partial charge in [0.05, 0.1) is 0 Å². The van der Waals surface area contributed by atoms with Gasteiger partial charge in [0.15, 0.2) is 0 Å². The molecule has 2 aromatic rings. The van der Waals surface area contributed by atoms with Crippen molar-refractivity contribution in [2.24, 2.45) is 0 Å². The maximum Gasteiger partial charge on any atom is 0.251 e. The monoisotopic (exact) mass is 426 g/mol. The fourth-order valence-corrected chi connectivity index (χ4v) is 2.65. The van der Waals surface area contributed by atoms with E-state index in [1.165, 1.54) is 6.07 Å². The Morgan fingerprint density at radius 3 is 2.52 bits per heavy atom. The van der Waals surface area contributed by atoms with Gasteiger partial charge in [0.25, 0.3) is 5.91 Å². The van der Waals surface area contributed by atoms with Crippen molar-refractivity contribution in [2.45, 2.75) is 19.4 Å². The number of halogens is 3. The van der Waals surface area contributed by atoms with E-state index in [0.717, 1.165) is 4.47 Å². The molecule has 0 unspecified atom stereocenters. The van der Waals surface area contributed by atoms with Crippen molar-refractivity contribution in [1.82, 2.24) is 10.6 Å². The highest BCUT2D eigenvalue weighted by atomic mass is 79.9. The standard InChI is InChI=1S/C18H17BrClFN2O2/c19-14-5-8-16(21)13(10-14)11-23-17(24)2-1-9-22-18(25)12-3-6-15(20)7-4-12/h3-8,10H,1-2,9,11H2,(H,22,25)(H,23,24). The van der Waals surface area contributed by atoms with Crippen LogP contribution < -0.4 is 10.6 Å². The Morgan fingerprint density at radius 1 is 1.08 bits per heavy atom. The lowest BCUT2D eigenvalue weighted by Crippen LogP contribution is -2.27. The first-order valence-corrected chi connectivity index (χ1v) is 8.87. The van der Waals surface area contributed by atoms with Crippen LogP contribution in [0.1, 0.15) is 28.8 Å². The zero-order valence-electron chi connectivity index (χ0n) is 13.3. The van der Waals surface area contributed by atoms with Crippen LogP contribution in [-0.4, -0.2) is 18.4 Å². The summed E-state index contributed by atoms with van der Waals surface area (Å²) in [5.74, 6) is -0.771. The average Bonchev–Trinajstić information content (AvgIpc) is 2.60. The number of carbonyl (C=O) groups is 2. The second-order valence-electron chi connectivity index (χ2n) is 5.38. The van der Waals surface area contributed by atoms with Gasteiger partial charge < -0.3 is 10.6 Å². The third-order valence-corrected chi connectivity index (χ3v) is 4.20. The van der Waals surface area contributed by atoms with Crippen molar-refractivity contribution in [3.63, 3.8) is 0 Å². The van der Waals surface area contributed by atoms with Crippen molar-refractivity contribution in [1.29, 1.82) is 0 Å². The minimum absolute atomic E-state index is 0.126. The summed E-state index contributed by atoms with van der Waals surface area (Å²) >= 11 is 9.03. The lowest BCUT2D eigenvalue weighted by atomic mass is 10.2. The molecule has 0 bridgehead atoms. The molecular weight excluding hydrogens is 411 g/mol. The number of carbonyl (C=O) groups excluding carboxylic acids is 2. The lowest BCUT2D eigenvalue weighted by Gasteiger charge is -2.08. The molecule has 0 heterocycles. The van der Waals surface area contributed by atoms with Crippen LogP contribution in [0.25, 0.3) is 0 Å². The van der Waals surface area contributed by atoms with Crippen LogP contribution in [0.2, 0.25) is 5.02 Å². The Morgan fingerprint density at radius 2 is 1.80 bits per heavy atom. The molecular formula is C18H17BrClFN2O2. The van der Waals surface area contributed by atoms with Gasteiger partial charge in [-0.2, -0.15) is 0 Å². The highest BCUT2D eigenvalue weighted by Gasteiger charge is 2.07. The average molecular weight is 428 g/mol. The summed E-state index contributed by atoms with van der Waals surface area (Å²) in [6.07, 6.45) is 0.739. The van der Waals surface area contributed by atoms with Crippen LogP contribution >= 0.6 is 27.5 Å². The molecule has 132 valence electrons. The van der Waals surface area contributed by atoms with E-state index in [1.807, 2.05) is 0 Å². The fourth-order valence-electron chi connectivity index (χ4n) is 2.12. The van der Waals surface area contributed by atoms with Gasteiger partial charge in [-0.3, -0.25) is 9.59 Å². The van der Waals surface area contributed by atoms with E-state index in [1.54, 1.807) is 36.4 Å². The summed E-state index contributed by atoms with van der Waals surface area (Å²) in [6.45, 7) is 0.501. The van der Waals surface area contributed by atoms with Gasteiger partial charge >= 0.3 is 0 Å². The Bertz CT molecular complexity index is 753. The van der Waals surface area contributed by atoms with Crippen LogP contribution in [0.15, 0.2) is 46.9 Å². The minimum atomic E-state index is -0.362. The van der Waals surface area contributed by atoms with E-state index in [4.69, 9.17) is 11.6 Å². The van der Waals surface area contributed by atoms with Gasteiger partial charge in [-0.25, -0.2) is 4.39 Å². The van der Waals surface area contributed by atoms with Crippen LogP contribution in [0, 0.1) is 5.82 Å². The van der Waals surface area contributed by atoms with E-state index >= 15 is 0 Å². The molecule has 2 N–H and O–H groups in total. The normalized spacial score (nSPS) is 10.4. The molecule has 0 fully saturated rings. The predicted octanol–water partition coefficient (Wildman–Crippen LogP) is 4.07. The Kier molecular flexibility index (Phi) is 7.40. The van der Waals surface area contributed by atoms with Gasteiger partial charge in [-0.1, -0.05) is 27.5 Å². The smallest absolute Gasteiger partial charge is 0.251 e. The second-order valence-corrected chi connectivity index (χ2v) is 6.73. The van der Waals surface area contributed by atoms with Crippen molar-refractivity contribution < 1.29 is 14.0 Å². The number of rotatable bonds is 7. The van der Waals surface area contributed by atoms with Crippen molar-refractivity contribution in [3.8, 4) is 0 Å². The molecule has 0 spiro atoms. The van der Waals surface area contributed by atoms with Crippen molar-refractivity contribution in [3.05, 3.63) is 68.9 Å². The summed E-state index contributed by atoms with van der Waals surface area (Å²) < 4.78 is 14.3. The highest BCUT2D eigenvalue weighted by Crippen LogP contribution is 2.15. The first kappa shape index (κ1) is 19.4. The molecule has 25 heavy (non-hydrogen) atoms. The number of nitrogens with one attached hydrogen (secondary N) is 2. The fraction of sp³-hybridized carbons (Fsp3) is 0.222. The molecule has 2 amide bonds. The van der Waals surface area contributed by atoms with Gasteiger partial charge in [0, 0.05) is 40.1 Å². The summed E-state index contributed by atoms with van der Waals surface area (Å²) in [4.78, 5) is 23.7. The predicted molar refractivity (Wildman–Crippen MR) is 99.0 cm³/mol. The lowest BCUT2D eigenvalue weighted by molar-refractivity contribution is -0.121. The number of amides is 2. The molecule has 4 nitrogen and oxygen atoms in total. The van der Waals surface area contributed by atoms with E-state index in [0.29, 0.717) is 29.1 Å². The van der Waals surface area contributed by atoms with Crippen LogP contribution in [-0.2, 0) is 11.3 Å². The molecule has 0 aliphatic heterocycles. The molecule has 0 atom stereocenters. The third kappa shape index (κ3) is 6.48. The molecule has 0 aliphatic carbocycles. The largest absolute Gasteiger partial charge is 0.352 e. The molecule has 0 aromatic heterocycles. The van der Waals surface area contributed by atoms with Crippen LogP contribution in [0.4, 0.5) is 4.39 Å². The van der Waals surface area contributed by atoms with Gasteiger partial charge in [-0.15, -0.1) is 0 Å². The Hall–Kier alpha value is -1.92. The third-order valence-electron chi connectivity index (χ3n) is 3.46. The van der Waals surface area contributed by atoms with Gasteiger partial charge in [0.2, 0.25) is 5.91 Å². The Labute approximate surface area is 158 Å². The zero-order valence-corrected chi connectivity index (χ0v) is 15.7. The van der Waals surface area contributed by atoms with E-state index in [2.05, 4.69) is 26.6 Å². The quantitative estimate of drug-likeness (QED) is 0.655. The SMILES string of the molecule is O=C(CCCNC(=O)c1ccc(Cl)cc1)NCc1cc(Br)ccc1F. The first-order valence-electron chi connectivity index (χ1n) is 7.70. The highest BCUT2D eigenvalue weighted by molar-refractivity contribution is 9.10. The van der Waals surface area contributed by atoms with Gasteiger partial charge in [-0.05, 0) is 48.9 Å². The summed E-state index contributed by atoms with van der Waals surface area (Å²) in [6, 6.07) is 11.1. The molecule has 0 radical (unpaired) electrons. The minimum Gasteiger partial charge on any atom is -0.352 e. The van der Waals surface area contributed by atoms with Gasteiger partial charge in [0.1, 0.15) is 5.82 Å². The molecule has 0 aliphatic rings. The molecule has 2 aromatic carbocycles. The molecule has 7 heteroatoms. The topological polar surface area (TPSA) is 58.2 Å². The summed E-state index contributed by atoms with van der Waals surface area (Å²) in [7, 11) is 0. The van der Waals surface area contributed by atoms with E-state index in [9.17, 15) is 14.0 Å². The summed E-state index contributed by atoms with van der Waals surface area (Å²) in [5, 5.41) is 5.97. The Balaban J connectivity index is 1.67. The summed E-state index contributed by atoms with van der Waals surface area (Å²) in [5.41, 5.74) is 0.928. The molecule has 0 saturated carbocycles. The maximum atomic E-state index is 13.6. The van der Waals surface area contributed by atoms with Crippen LogP contribution in [0.3, 0.4) is 0 Å². The van der Waals surface area contributed by atoms with E-state index < -0.39 is 0 Å². The number of hydrogen-bond acceptors (Lipinski definition) is 2. The van der Waals surface area contributed by atoms with Crippen molar-refractivity contribution >= 4 is 39.3 Å². The number of benzene rings is 2. The van der Waals surface area contributed by atoms with Crippen molar-refractivity contribution in [2.75, 3.05) is 6.54 Å². The molecule has 2 rings (SSSR count). The first-order chi connectivity index (χ1) is 12.0. The maximum absolute atomic E-state index is 13.6.